The molecule has 0 saturated carbocycles. The fraction of sp³-hybridized carbons (Fsp3) is 0. The molecule has 136 valence electrons. The predicted molar refractivity (Wildman–Crippen MR) is 113 cm³/mol. The third kappa shape index (κ3) is 2.62. The Morgan fingerprint density at radius 1 is 0.643 bits per heavy atom. The highest BCUT2D eigenvalue weighted by Gasteiger charge is 2.27. The van der Waals surface area contributed by atoms with Crippen LogP contribution in [0, 0.1) is 0 Å². The number of aromatic amines is 1. The standard InChI is InChI=1S/C24H17NO2S/c26-28(27,20-15-14-17-8-4-5-11-19(17)16-20)24-21-12-6-7-13-22(21)25-23(24)18-9-2-1-3-10-18/h1-16,25H. The van der Waals surface area contributed by atoms with Crippen molar-refractivity contribution in [3.8, 4) is 11.3 Å². The Morgan fingerprint density at radius 3 is 2.14 bits per heavy atom. The Morgan fingerprint density at radius 2 is 1.32 bits per heavy atom. The molecular formula is C24H17NO2S. The maximum atomic E-state index is 13.7. The molecule has 1 N–H and O–H groups in total. The number of fused-ring (bicyclic) bond motifs is 2. The lowest BCUT2D eigenvalue weighted by Gasteiger charge is -2.09. The Hall–Kier alpha value is -3.37. The number of hydrogen-bond acceptors (Lipinski definition) is 2. The van der Waals surface area contributed by atoms with Gasteiger partial charge < -0.3 is 4.98 Å². The summed E-state index contributed by atoms with van der Waals surface area (Å²) >= 11 is 0. The van der Waals surface area contributed by atoms with Crippen molar-refractivity contribution in [2.75, 3.05) is 0 Å². The lowest BCUT2D eigenvalue weighted by atomic mass is 10.1. The van der Waals surface area contributed by atoms with Gasteiger partial charge in [0.05, 0.1) is 10.6 Å². The third-order valence-electron chi connectivity index (χ3n) is 5.02. The van der Waals surface area contributed by atoms with Crippen LogP contribution in [0.1, 0.15) is 0 Å². The zero-order valence-electron chi connectivity index (χ0n) is 15.0. The minimum absolute atomic E-state index is 0.299. The Kier molecular flexibility index (Phi) is 3.81. The van der Waals surface area contributed by atoms with Crippen molar-refractivity contribution in [1.82, 2.24) is 4.98 Å². The van der Waals surface area contributed by atoms with Crippen LogP contribution < -0.4 is 0 Å². The van der Waals surface area contributed by atoms with Gasteiger partial charge in [0.25, 0.3) is 0 Å². The number of hydrogen-bond donors (Lipinski definition) is 1. The van der Waals surface area contributed by atoms with Gasteiger partial charge in [-0.15, -0.1) is 0 Å². The molecule has 0 radical (unpaired) electrons. The minimum Gasteiger partial charge on any atom is -0.353 e. The zero-order valence-corrected chi connectivity index (χ0v) is 15.8. The molecule has 0 spiro atoms. The second-order valence-corrected chi connectivity index (χ2v) is 8.64. The molecule has 28 heavy (non-hydrogen) atoms. The third-order valence-corrected chi connectivity index (χ3v) is 6.86. The van der Waals surface area contributed by atoms with Crippen LogP contribution in [0.2, 0.25) is 0 Å². The molecule has 0 fully saturated rings. The van der Waals surface area contributed by atoms with E-state index in [1.807, 2.05) is 84.9 Å². The molecule has 4 heteroatoms. The number of nitrogens with one attached hydrogen (secondary N) is 1. The summed E-state index contributed by atoms with van der Waals surface area (Å²) in [5, 5.41) is 2.63. The molecule has 0 aliphatic rings. The molecule has 0 saturated heterocycles. The van der Waals surface area contributed by atoms with E-state index < -0.39 is 9.84 Å². The summed E-state index contributed by atoms with van der Waals surface area (Å²) < 4.78 is 27.5. The van der Waals surface area contributed by atoms with Gasteiger partial charge in [-0.3, -0.25) is 0 Å². The normalized spacial score (nSPS) is 11.9. The quantitative estimate of drug-likeness (QED) is 0.427. The van der Waals surface area contributed by atoms with Crippen LogP contribution in [-0.2, 0) is 9.84 Å². The van der Waals surface area contributed by atoms with E-state index in [1.165, 1.54) is 0 Å². The molecule has 0 aliphatic heterocycles. The van der Waals surface area contributed by atoms with Gasteiger partial charge in [0, 0.05) is 10.9 Å². The maximum Gasteiger partial charge on any atom is 0.209 e. The average Bonchev–Trinajstić information content (AvgIpc) is 3.14. The fourth-order valence-corrected chi connectivity index (χ4v) is 5.33. The first kappa shape index (κ1) is 16.8. The van der Waals surface area contributed by atoms with E-state index in [9.17, 15) is 8.42 Å². The van der Waals surface area contributed by atoms with Crippen molar-refractivity contribution in [3.05, 3.63) is 97.1 Å². The summed E-state index contributed by atoms with van der Waals surface area (Å²) in [7, 11) is -3.72. The largest absolute Gasteiger partial charge is 0.353 e. The summed E-state index contributed by atoms with van der Waals surface area (Å²) in [6, 6.07) is 30.2. The van der Waals surface area contributed by atoms with Crippen LogP contribution in [0.3, 0.4) is 0 Å². The first-order chi connectivity index (χ1) is 13.6. The number of rotatable bonds is 3. The Labute approximate surface area is 163 Å². The molecule has 3 nitrogen and oxygen atoms in total. The van der Waals surface area contributed by atoms with Crippen molar-refractivity contribution in [1.29, 1.82) is 0 Å². The first-order valence-electron chi connectivity index (χ1n) is 9.04. The van der Waals surface area contributed by atoms with Gasteiger partial charge in [-0.1, -0.05) is 78.9 Å². The molecule has 0 unspecified atom stereocenters. The van der Waals surface area contributed by atoms with E-state index in [4.69, 9.17) is 0 Å². The van der Waals surface area contributed by atoms with Crippen LogP contribution in [-0.4, -0.2) is 13.4 Å². The van der Waals surface area contributed by atoms with E-state index in [0.29, 0.717) is 20.9 Å². The molecule has 0 amide bonds. The first-order valence-corrected chi connectivity index (χ1v) is 10.5. The molecule has 0 atom stereocenters. The molecule has 0 aliphatic carbocycles. The number of para-hydroxylation sites is 1. The van der Waals surface area contributed by atoms with Crippen LogP contribution in [0.5, 0.6) is 0 Å². The lowest BCUT2D eigenvalue weighted by molar-refractivity contribution is 0.597. The molecule has 1 aromatic heterocycles. The van der Waals surface area contributed by atoms with E-state index in [2.05, 4.69) is 4.98 Å². The van der Waals surface area contributed by atoms with E-state index in [1.54, 1.807) is 12.1 Å². The van der Waals surface area contributed by atoms with Gasteiger partial charge in [0.15, 0.2) is 0 Å². The molecular weight excluding hydrogens is 366 g/mol. The molecule has 5 rings (SSSR count). The number of H-pyrrole nitrogens is 1. The summed E-state index contributed by atoms with van der Waals surface area (Å²) in [5.74, 6) is 0. The van der Waals surface area contributed by atoms with Crippen LogP contribution in [0.15, 0.2) is 107 Å². The molecule has 5 aromatic rings. The monoisotopic (exact) mass is 383 g/mol. The predicted octanol–water partition coefficient (Wildman–Crippen LogP) is 5.82. The maximum absolute atomic E-state index is 13.7. The Balaban J connectivity index is 1.81. The summed E-state index contributed by atoms with van der Waals surface area (Å²) in [6.07, 6.45) is 0. The van der Waals surface area contributed by atoms with Crippen molar-refractivity contribution < 1.29 is 8.42 Å². The van der Waals surface area contributed by atoms with Crippen molar-refractivity contribution >= 4 is 31.5 Å². The zero-order chi connectivity index (χ0) is 19.1. The second kappa shape index (κ2) is 6.36. The number of sulfone groups is 1. The molecule has 4 aromatic carbocycles. The highest BCUT2D eigenvalue weighted by molar-refractivity contribution is 7.92. The second-order valence-electron chi connectivity index (χ2n) is 6.75. The fourth-order valence-electron chi connectivity index (χ4n) is 3.66. The van der Waals surface area contributed by atoms with Gasteiger partial charge in [-0.25, -0.2) is 8.42 Å². The minimum atomic E-state index is -3.72. The van der Waals surface area contributed by atoms with Gasteiger partial charge in [0.1, 0.15) is 4.90 Å². The SMILES string of the molecule is O=S(=O)(c1ccc2ccccc2c1)c1c(-c2ccccc2)[nH]c2ccccc12. The molecule has 0 bridgehead atoms. The highest BCUT2D eigenvalue weighted by atomic mass is 32.2. The van der Waals surface area contributed by atoms with Gasteiger partial charge in [-0.05, 0) is 34.5 Å². The van der Waals surface area contributed by atoms with Crippen molar-refractivity contribution in [3.63, 3.8) is 0 Å². The number of benzene rings is 4. The lowest BCUT2D eigenvalue weighted by Crippen LogP contribution is -2.03. The van der Waals surface area contributed by atoms with Crippen LogP contribution in [0.4, 0.5) is 0 Å². The van der Waals surface area contributed by atoms with Gasteiger partial charge >= 0.3 is 0 Å². The summed E-state index contributed by atoms with van der Waals surface area (Å²) in [5.41, 5.74) is 2.27. The smallest absolute Gasteiger partial charge is 0.209 e. The van der Waals surface area contributed by atoms with Gasteiger partial charge in [0.2, 0.25) is 9.84 Å². The molecule has 1 heterocycles. The van der Waals surface area contributed by atoms with Crippen molar-refractivity contribution in [2.24, 2.45) is 0 Å². The number of aromatic nitrogens is 1. The van der Waals surface area contributed by atoms with Gasteiger partial charge in [-0.2, -0.15) is 0 Å². The van der Waals surface area contributed by atoms with E-state index in [0.717, 1.165) is 21.9 Å². The average molecular weight is 383 g/mol. The van der Waals surface area contributed by atoms with Crippen molar-refractivity contribution in [2.45, 2.75) is 9.79 Å². The van der Waals surface area contributed by atoms with E-state index >= 15 is 0 Å². The highest BCUT2D eigenvalue weighted by Crippen LogP contribution is 2.37. The van der Waals surface area contributed by atoms with E-state index in [-0.39, 0.29) is 0 Å². The topological polar surface area (TPSA) is 49.9 Å². The summed E-state index contributed by atoms with van der Waals surface area (Å²) in [6.45, 7) is 0. The van der Waals surface area contributed by atoms with Crippen LogP contribution >= 0.6 is 0 Å². The summed E-state index contributed by atoms with van der Waals surface area (Å²) in [4.78, 5) is 3.94. The Bertz CT molecular complexity index is 1420. The van der Waals surface area contributed by atoms with Crippen LogP contribution in [0.25, 0.3) is 32.9 Å².